The highest BCUT2D eigenvalue weighted by Gasteiger charge is 2.05. The zero-order valence-corrected chi connectivity index (χ0v) is 11.5. The SMILES string of the molecule is C=C(C)CNC(=NCC(=O)N(C)C)NC(C)C. The van der Waals surface area contributed by atoms with Crippen LogP contribution < -0.4 is 10.6 Å². The largest absolute Gasteiger partial charge is 0.354 e. The minimum atomic E-state index is -0.0230. The average Bonchev–Trinajstić information content (AvgIpc) is 2.20. The molecule has 5 heteroatoms. The van der Waals surface area contributed by atoms with Gasteiger partial charge >= 0.3 is 0 Å². The Kier molecular flexibility index (Phi) is 7.02. The summed E-state index contributed by atoms with van der Waals surface area (Å²) < 4.78 is 0. The summed E-state index contributed by atoms with van der Waals surface area (Å²) >= 11 is 0. The van der Waals surface area contributed by atoms with E-state index in [1.165, 1.54) is 4.90 Å². The van der Waals surface area contributed by atoms with Crippen molar-refractivity contribution >= 4 is 11.9 Å². The van der Waals surface area contributed by atoms with Crippen LogP contribution in [0.5, 0.6) is 0 Å². The molecule has 2 N–H and O–H groups in total. The average molecular weight is 240 g/mol. The van der Waals surface area contributed by atoms with E-state index in [0.717, 1.165) is 5.57 Å². The summed E-state index contributed by atoms with van der Waals surface area (Å²) in [6.45, 7) is 10.6. The summed E-state index contributed by atoms with van der Waals surface area (Å²) in [6.07, 6.45) is 0. The molecule has 0 aromatic rings. The van der Waals surface area contributed by atoms with E-state index < -0.39 is 0 Å². The minimum Gasteiger partial charge on any atom is -0.354 e. The Bertz CT molecular complexity index is 295. The predicted molar refractivity (Wildman–Crippen MR) is 72.1 cm³/mol. The van der Waals surface area contributed by atoms with Gasteiger partial charge in [0, 0.05) is 26.7 Å². The fraction of sp³-hybridized carbons (Fsp3) is 0.667. The number of hydrogen-bond donors (Lipinski definition) is 2. The summed E-state index contributed by atoms with van der Waals surface area (Å²) in [5, 5.41) is 6.27. The molecule has 0 saturated carbocycles. The number of nitrogens with zero attached hydrogens (tertiary/aromatic N) is 2. The number of carbonyl (C=O) groups excluding carboxylic acids is 1. The molecule has 0 fully saturated rings. The molecular weight excluding hydrogens is 216 g/mol. The molecule has 5 nitrogen and oxygen atoms in total. The summed E-state index contributed by atoms with van der Waals surface area (Å²) in [6, 6.07) is 0.265. The van der Waals surface area contributed by atoms with E-state index in [-0.39, 0.29) is 18.5 Å². The van der Waals surface area contributed by atoms with Gasteiger partial charge in [-0.2, -0.15) is 0 Å². The van der Waals surface area contributed by atoms with Gasteiger partial charge in [0.15, 0.2) is 5.96 Å². The molecule has 0 bridgehead atoms. The molecule has 0 saturated heterocycles. The first-order valence-electron chi connectivity index (χ1n) is 5.72. The second-order valence-electron chi connectivity index (χ2n) is 4.56. The summed E-state index contributed by atoms with van der Waals surface area (Å²) in [5.74, 6) is 0.614. The Hall–Kier alpha value is -1.52. The van der Waals surface area contributed by atoms with Crippen LogP contribution in [-0.2, 0) is 4.79 Å². The van der Waals surface area contributed by atoms with Crippen LogP contribution in [0.3, 0.4) is 0 Å². The second kappa shape index (κ2) is 7.70. The van der Waals surface area contributed by atoms with Gasteiger partial charge in [0.1, 0.15) is 6.54 Å². The number of hydrogen-bond acceptors (Lipinski definition) is 2. The monoisotopic (exact) mass is 240 g/mol. The zero-order chi connectivity index (χ0) is 13.4. The van der Waals surface area contributed by atoms with Crippen molar-refractivity contribution in [3.63, 3.8) is 0 Å². The maximum absolute atomic E-state index is 11.4. The number of aliphatic imine (C=N–C) groups is 1. The Balaban J connectivity index is 4.39. The lowest BCUT2D eigenvalue weighted by Crippen LogP contribution is -2.42. The number of carbonyl (C=O) groups is 1. The van der Waals surface area contributed by atoms with Crippen molar-refractivity contribution in [1.29, 1.82) is 0 Å². The van der Waals surface area contributed by atoms with E-state index in [9.17, 15) is 4.79 Å². The van der Waals surface area contributed by atoms with Gasteiger partial charge in [0.05, 0.1) is 0 Å². The second-order valence-corrected chi connectivity index (χ2v) is 4.56. The summed E-state index contributed by atoms with van der Waals surface area (Å²) in [7, 11) is 3.43. The molecule has 98 valence electrons. The molecular formula is C12H24N4O. The van der Waals surface area contributed by atoms with Crippen molar-refractivity contribution in [2.24, 2.45) is 4.99 Å². The summed E-state index contributed by atoms with van der Waals surface area (Å²) in [4.78, 5) is 17.2. The van der Waals surface area contributed by atoms with Gasteiger partial charge in [0.25, 0.3) is 0 Å². The fourth-order valence-corrected chi connectivity index (χ4v) is 0.949. The van der Waals surface area contributed by atoms with Crippen LogP contribution in [0.15, 0.2) is 17.1 Å². The van der Waals surface area contributed by atoms with E-state index in [0.29, 0.717) is 12.5 Å². The third kappa shape index (κ3) is 8.30. The van der Waals surface area contributed by atoms with E-state index in [1.807, 2.05) is 20.8 Å². The van der Waals surface area contributed by atoms with Crippen LogP contribution in [0.4, 0.5) is 0 Å². The topological polar surface area (TPSA) is 56.7 Å². The van der Waals surface area contributed by atoms with Gasteiger partial charge in [-0.15, -0.1) is 0 Å². The third-order valence-corrected chi connectivity index (χ3v) is 1.85. The van der Waals surface area contributed by atoms with Gasteiger partial charge in [0.2, 0.25) is 5.91 Å². The highest BCUT2D eigenvalue weighted by Crippen LogP contribution is 1.86. The number of likely N-dealkylation sites (N-methyl/N-ethyl adjacent to an activating group) is 1. The molecule has 0 aliphatic heterocycles. The Morgan fingerprint density at radius 3 is 2.41 bits per heavy atom. The number of nitrogens with one attached hydrogen (secondary N) is 2. The quantitative estimate of drug-likeness (QED) is 0.420. The van der Waals surface area contributed by atoms with Crippen LogP contribution in [0.25, 0.3) is 0 Å². The van der Waals surface area contributed by atoms with Crippen molar-refractivity contribution in [3.8, 4) is 0 Å². The molecule has 0 rings (SSSR count). The molecule has 0 unspecified atom stereocenters. The molecule has 0 atom stereocenters. The summed E-state index contributed by atoms with van der Waals surface area (Å²) in [5.41, 5.74) is 1.02. The van der Waals surface area contributed by atoms with Gasteiger partial charge < -0.3 is 15.5 Å². The maximum Gasteiger partial charge on any atom is 0.243 e. The molecule has 0 aliphatic rings. The van der Waals surface area contributed by atoms with Gasteiger partial charge in [-0.3, -0.25) is 4.79 Å². The van der Waals surface area contributed by atoms with Crippen LogP contribution in [0, 0.1) is 0 Å². The van der Waals surface area contributed by atoms with Crippen molar-refractivity contribution in [2.75, 3.05) is 27.2 Å². The minimum absolute atomic E-state index is 0.0230. The lowest BCUT2D eigenvalue weighted by atomic mass is 10.3. The van der Waals surface area contributed by atoms with Crippen LogP contribution >= 0.6 is 0 Å². The Morgan fingerprint density at radius 1 is 1.41 bits per heavy atom. The lowest BCUT2D eigenvalue weighted by Gasteiger charge is -2.15. The van der Waals surface area contributed by atoms with E-state index in [2.05, 4.69) is 22.2 Å². The number of amides is 1. The molecule has 0 radical (unpaired) electrons. The van der Waals surface area contributed by atoms with E-state index in [4.69, 9.17) is 0 Å². The van der Waals surface area contributed by atoms with Crippen molar-refractivity contribution in [3.05, 3.63) is 12.2 Å². The molecule has 0 heterocycles. The van der Waals surface area contributed by atoms with Crippen LogP contribution in [-0.4, -0.2) is 50.0 Å². The molecule has 17 heavy (non-hydrogen) atoms. The molecule has 0 aromatic carbocycles. The molecule has 0 aromatic heterocycles. The van der Waals surface area contributed by atoms with Crippen molar-refractivity contribution < 1.29 is 4.79 Å². The van der Waals surface area contributed by atoms with Crippen molar-refractivity contribution in [2.45, 2.75) is 26.8 Å². The number of rotatable bonds is 5. The predicted octanol–water partition coefficient (Wildman–Crippen LogP) is 0.594. The van der Waals surface area contributed by atoms with Crippen molar-refractivity contribution in [1.82, 2.24) is 15.5 Å². The lowest BCUT2D eigenvalue weighted by molar-refractivity contribution is -0.127. The highest BCUT2D eigenvalue weighted by atomic mass is 16.2. The van der Waals surface area contributed by atoms with Gasteiger partial charge in [-0.05, 0) is 20.8 Å². The fourth-order valence-electron chi connectivity index (χ4n) is 0.949. The highest BCUT2D eigenvalue weighted by molar-refractivity contribution is 5.85. The smallest absolute Gasteiger partial charge is 0.243 e. The van der Waals surface area contributed by atoms with Gasteiger partial charge in [-0.1, -0.05) is 12.2 Å². The third-order valence-electron chi connectivity index (χ3n) is 1.85. The molecule has 1 amide bonds. The first kappa shape index (κ1) is 15.5. The van der Waals surface area contributed by atoms with Gasteiger partial charge in [-0.25, -0.2) is 4.99 Å². The van der Waals surface area contributed by atoms with E-state index in [1.54, 1.807) is 14.1 Å². The normalized spacial score (nSPS) is 11.3. The molecule has 0 aliphatic carbocycles. The standard InChI is InChI=1S/C12H24N4O/c1-9(2)7-13-12(15-10(3)4)14-8-11(17)16(5)6/h10H,1,7-8H2,2-6H3,(H2,13,14,15). The number of guanidine groups is 1. The molecule has 0 spiro atoms. The van der Waals surface area contributed by atoms with E-state index >= 15 is 0 Å². The zero-order valence-electron chi connectivity index (χ0n) is 11.5. The first-order chi connectivity index (χ1) is 7.82. The maximum atomic E-state index is 11.4. The Labute approximate surface area is 104 Å². The van der Waals surface area contributed by atoms with Crippen LogP contribution in [0.1, 0.15) is 20.8 Å². The first-order valence-corrected chi connectivity index (χ1v) is 5.72. The Morgan fingerprint density at radius 2 is 2.00 bits per heavy atom. The van der Waals surface area contributed by atoms with Crippen LogP contribution in [0.2, 0.25) is 0 Å².